The smallest absolute Gasteiger partial charge is 0.248 e. The summed E-state index contributed by atoms with van der Waals surface area (Å²) in [5.41, 5.74) is 3.31. The van der Waals surface area contributed by atoms with Crippen molar-refractivity contribution in [3.8, 4) is 5.75 Å². The molecule has 1 heterocycles. The molecule has 0 radical (unpaired) electrons. The lowest BCUT2D eigenvalue weighted by Gasteiger charge is -2.04. The molecule has 0 saturated carbocycles. The molecule has 0 unspecified atom stereocenters. The van der Waals surface area contributed by atoms with Crippen molar-refractivity contribution in [3.05, 3.63) is 65.2 Å². The largest absolute Gasteiger partial charge is 0.493 e. The van der Waals surface area contributed by atoms with Gasteiger partial charge in [0.2, 0.25) is 5.91 Å². The summed E-state index contributed by atoms with van der Waals surface area (Å²) in [6.07, 6.45) is 4.15. The lowest BCUT2D eigenvalue weighted by molar-refractivity contribution is -0.111. The average Bonchev–Trinajstić information content (AvgIpc) is 3.01. The molecule has 2 aromatic rings. The van der Waals surface area contributed by atoms with Gasteiger partial charge in [0.05, 0.1) is 6.61 Å². The Bertz CT molecular complexity index is 793. The number of nitrogens with one attached hydrogen (secondary N) is 1. The molecule has 0 aliphatic carbocycles. The van der Waals surface area contributed by atoms with Crippen molar-refractivity contribution in [2.24, 2.45) is 0 Å². The maximum Gasteiger partial charge on any atom is 0.248 e. The monoisotopic (exact) mass is 307 g/mol. The van der Waals surface area contributed by atoms with Crippen molar-refractivity contribution in [2.75, 3.05) is 11.9 Å². The summed E-state index contributed by atoms with van der Waals surface area (Å²) in [6.45, 7) is 2.22. The number of ketones is 1. The van der Waals surface area contributed by atoms with E-state index in [-0.39, 0.29) is 11.7 Å². The Morgan fingerprint density at radius 1 is 1.17 bits per heavy atom. The molecule has 1 N–H and O–H groups in total. The number of amides is 1. The van der Waals surface area contributed by atoms with E-state index in [4.69, 9.17) is 4.74 Å². The van der Waals surface area contributed by atoms with Crippen LogP contribution >= 0.6 is 0 Å². The zero-order valence-corrected chi connectivity index (χ0v) is 12.8. The third-order valence-corrected chi connectivity index (χ3v) is 3.68. The fraction of sp³-hybridized carbons (Fsp3) is 0.158. The van der Waals surface area contributed by atoms with Crippen molar-refractivity contribution in [1.82, 2.24) is 0 Å². The number of rotatable bonds is 4. The molecule has 0 spiro atoms. The molecule has 1 aliphatic heterocycles. The summed E-state index contributed by atoms with van der Waals surface area (Å²) in [4.78, 5) is 23.3. The number of hydrogen-bond donors (Lipinski definition) is 1. The van der Waals surface area contributed by atoms with Crippen LogP contribution in [0.1, 0.15) is 28.4 Å². The number of Topliss-reactive ketones (excluding diaryl/α,β-unsaturated/α-hetero) is 1. The standard InChI is InChI=1S/C19H17NO3/c1-13(21)15-3-2-4-17(12-15)20-19(22)8-6-14-5-7-18-16(11-14)9-10-23-18/h2-8,11-12H,9-10H2,1H3,(H,20,22). The summed E-state index contributed by atoms with van der Waals surface area (Å²) in [5, 5.41) is 2.76. The summed E-state index contributed by atoms with van der Waals surface area (Å²) in [7, 11) is 0. The first kappa shape index (κ1) is 15.0. The van der Waals surface area contributed by atoms with E-state index in [1.54, 1.807) is 30.3 Å². The van der Waals surface area contributed by atoms with Gasteiger partial charge in [-0.2, -0.15) is 0 Å². The van der Waals surface area contributed by atoms with Crippen molar-refractivity contribution >= 4 is 23.5 Å². The lowest BCUT2D eigenvalue weighted by Crippen LogP contribution is -2.08. The highest BCUT2D eigenvalue weighted by Crippen LogP contribution is 2.26. The molecule has 23 heavy (non-hydrogen) atoms. The van der Waals surface area contributed by atoms with E-state index in [9.17, 15) is 9.59 Å². The van der Waals surface area contributed by atoms with Crippen LogP contribution < -0.4 is 10.1 Å². The van der Waals surface area contributed by atoms with Crippen molar-refractivity contribution in [2.45, 2.75) is 13.3 Å². The minimum Gasteiger partial charge on any atom is -0.493 e. The molecule has 3 rings (SSSR count). The number of carbonyl (C=O) groups excluding carboxylic acids is 2. The van der Waals surface area contributed by atoms with Gasteiger partial charge in [-0.3, -0.25) is 9.59 Å². The molecule has 0 fully saturated rings. The number of carbonyl (C=O) groups is 2. The predicted octanol–water partition coefficient (Wildman–Crippen LogP) is 3.48. The number of fused-ring (bicyclic) bond motifs is 1. The van der Waals surface area contributed by atoms with Crippen LogP contribution in [-0.2, 0) is 11.2 Å². The van der Waals surface area contributed by atoms with Crippen molar-refractivity contribution < 1.29 is 14.3 Å². The molecule has 2 aromatic carbocycles. The van der Waals surface area contributed by atoms with Crippen LogP contribution in [0.4, 0.5) is 5.69 Å². The first-order chi connectivity index (χ1) is 11.1. The Morgan fingerprint density at radius 3 is 2.87 bits per heavy atom. The highest BCUT2D eigenvalue weighted by molar-refractivity contribution is 6.03. The van der Waals surface area contributed by atoms with E-state index < -0.39 is 0 Å². The van der Waals surface area contributed by atoms with E-state index in [0.717, 1.165) is 24.3 Å². The van der Waals surface area contributed by atoms with Crippen LogP contribution in [0, 0.1) is 0 Å². The highest BCUT2D eigenvalue weighted by atomic mass is 16.5. The molecule has 0 aromatic heterocycles. The molecule has 116 valence electrons. The SMILES string of the molecule is CC(=O)c1cccc(NC(=O)C=Cc2ccc3c(c2)CCO3)c1. The fourth-order valence-electron chi connectivity index (χ4n) is 2.48. The Balaban J connectivity index is 1.67. The van der Waals surface area contributed by atoms with Gasteiger partial charge in [-0.1, -0.05) is 18.2 Å². The van der Waals surface area contributed by atoms with Crippen molar-refractivity contribution in [1.29, 1.82) is 0 Å². The van der Waals surface area contributed by atoms with Crippen LogP contribution in [0.3, 0.4) is 0 Å². The van der Waals surface area contributed by atoms with E-state index in [0.29, 0.717) is 11.3 Å². The Kier molecular flexibility index (Phi) is 4.24. The molecule has 1 amide bonds. The normalized spacial score (nSPS) is 12.7. The Hall–Kier alpha value is -2.88. The zero-order valence-electron chi connectivity index (χ0n) is 12.8. The van der Waals surface area contributed by atoms with Gasteiger partial charge in [0.1, 0.15) is 5.75 Å². The number of benzene rings is 2. The average molecular weight is 307 g/mol. The van der Waals surface area contributed by atoms with Crippen LogP contribution in [0.15, 0.2) is 48.5 Å². The maximum absolute atomic E-state index is 12.0. The molecule has 0 atom stereocenters. The second-order valence-electron chi connectivity index (χ2n) is 5.43. The van der Waals surface area contributed by atoms with E-state index in [2.05, 4.69) is 5.32 Å². The Labute approximate surface area is 134 Å². The second kappa shape index (κ2) is 6.48. The minimum atomic E-state index is -0.234. The van der Waals surface area contributed by atoms with Gasteiger partial charge in [-0.05, 0) is 48.4 Å². The topological polar surface area (TPSA) is 55.4 Å². The van der Waals surface area contributed by atoms with E-state index in [1.807, 2.05) is 18.2 Å². The molecule has 1 aliphatic rings. The summed E-state index contributed by atoms with van der Waals surface area (Å²) < 4.78 is 5.46. The molecule has 4 heteroatoms. The van der Waals surface area contributed by atoms with Crippen LogP contribution in [0.2, 0.25) is 0 Å². The van der Waals surface area contributed by atoms with Gasteiger partial charge >= 0.3 is 0 Å². The molecular formula is C19H17NO3. The van der Waals surface area contributed by atoms with E-state index >= 15 is 0 Å². The predicted molar refractivity (Wildman–Crippen MR) is 89.8 cm³/mol. The molecule has 0 bridgehead atoms. The first-order valence-electron chi connectivity index (χ1n) is 7.47. The van der Waals surface area contributed by atoms with E-state index in [1.165, 1.54) is 18.6 Å². The quantitative estimate of drug-likeness (QED) is 0.695. The van der Waals surface area contributed by atoms with Gasteiger partial charge in [0.25, 0.3) is 0 Å². The van der Waals surface area contributed by atoms with Crippen LogP contribution in [0.25, 0.3) is 6.08 Å². The fourth-order valence-corrected chi connectivity index (χ4v) is 2.48. The van der Waals surface area contributed by atoms with Crippen LogP contribution in [-0.4, -0.2) is 18.3 Å². The van der Waals surface area contributed by atoms with Crippen molar-refractivity contribution in [3.63, 3.8) is 0 Å². The first-order valence-corrected chi connectivity index (χ1v) is 7.47. The molecular weight excluding hydrogens is 290 g/mol. The number of ether oxygens (including phenoxy) is 1. The van der Waals surface area contributed by atoms with Gasteiger partial charge in [0, 0.05) is 23.7 Å². The maximum atomic E-state index is 12.0. The van der Waals surface area contributed by atoms with Gasteiger partial charge in [-0.15, -0.1) is 0 Å². The third-order valence-electron chi connectivity index (χ3n) is 3.68. The lowest BCUT2D eigenvalue weighted by atomic mass is 10.1. The molecule has 0 saturated heterocycles. The van der Waals surface area contributed by atoms with Gasteiger partial charge in [0.15, 0.2) is 5.78 Å². The zero-order chi connectivity index (χ0) is 16.2. The van der Waals surface area contributed by atoms with Gasteiger partial charge < -0.3 is 10.1 Å². The molecule has 4 nitrogen and oxygen atoms in total. The Morgan fingerprint density at radius 2 is 2.04 bits per heavy atom. The van der Waals surface area contributed by atoms with Crippen LogP contribution in [0.5, 0.6) is 5.75 Å². The summed E-state index contributed by atoms with van der Waals surface area (Å²) in [6, 6.07) is 12.8. The third kappa shape index (κ3) is 3.66. The number of hydrogen-bond acceptors (Lipinski definition) is 3. The highest BCUT2D eigenvalue weighted by Gasteiger charge is 2.11. The minimum absolute atomic E-state index is 0.0306. The summed E-state index contributed by atoms with van der Waals surface area (Å²) >= 11 is 0. The van der Waals surface area contributed by atoms with Gasteiger partial charge in [-0.25, -0.2) is 0 Å². The summed E-state index contributed by atoms with van der Waals surface area (Å²) in [5.74, 6) is 0.659. The number of anilines is 1. The second-order valence-corrected chi connectivity index (χ2v) is 5.43.